The average molecular weight is 610 g/mol. The minimum atomic E-state index is -0.834. The van der Waals surface area contributed by atoms with E-state index in [2.05, 4.69) is 31.5 Å². The first-order chi connectivity index (χ1) is 21.2. The number of esters is 1. The molecular weight excluding hydrogens is 566 g/mol. The maximum absolute atomic E-state index is 12.9. The Morgan fingerprint density at radius 2 is 1.66 bits per heavy atom. The van der Waals surface area contributed by atoms with Gasteiger partial charge >= 0.3 is 12.1 Å². The van der Waals surface area contributed by atoms with Gasteiger partial charge in [0.2, 0.25) is 5.91 Å². The van der Waals surface area contributed by atoms with Crippen molar-refractivity contribution in [1.82, 2.24) is 36.2 Å². The fourth-order valence-electron chi connectivity index (χ4n) is 3.99. The highest BCUT2D eigenvalue weighted by atomic mass is 16.5. The molecule has 3 rings (SSSR count). The summed E-state index contributed by atoms with van der Waals surface area (Å²) in [5.74, 6) is -0.489. The van der Waals surface area contributed by atoms with E-state index in [0.29, 0.717) is 31.8 Å². The van der Waals surface area contributed by atoms with Gasteiger partial charge < -0.3 is 30.2 Å². The van der Waals surface area contributed by atoms with Crippen molar-refractivity contribution in [3.05, 3.63) is 77.6 Å². The first-order valence-corrected chi connectivity index (χ1v) is 14.7. The van der Waals surface area contributed by atoms with Gasteiger partial charge in [0, 0.05) is 6.54 Å². The lowest BCUT2D eigenvalue weighted by molar-refractivity contribution is -0.145. The number of unbranched alkanes of at least 4 members (excludes halogenated alkanes) is 1. The van der Waals surface area contributed by atoms with Crippen molar-refractivity contribution in [3.63, 3.8) is 0 Å². The number of carbonyl (C=O) groups is 3. The molecule has 3 aromatic rings. The van der Waals surface area contributed by atoms with Gasteiger partial charge in [-0.3, -0.25) is 9.59 Å². The Balaban J connectivity index is 1.40. The number of aromatic nitrogens is 4. The van der Waals surface area contributed by atoms with E-state index in [1.165, 1.54) is 4.68 Å². The van der Waals surface area contributed by atoms with E-state index in [0.717, 1.165) is 11.1 Å². The number of tetrazole rings is 1. The maximum Gasteiger partial charge on any atom is 0.407 e. The normalized spacial score (nSPS) is 12.6. The summed E-state index contributed by atoms with van der Waals surface area (Å²) >= 11 is 0. The number of nitrogens with zero attached hydrogens (tertiary/aromatic N) is 4. The van der Waals surface area contributed by atoms with E-state index in [9.17, 15) is 14.4 Å². The molecule has 0 spiro atoms. The predicted octanol–water partition coefficient (Wildman–Crippen LogP) is 2.90. The van der Waals surface area contributed by atoms with Crippen molar-refractivity contribution in [1.29, 1.82) is 0 Å². The molecule has 238 valence electrons. The zero-order chi connectivity index (χ0) is 31.8. The van der Waals surface area contributed by atoms with E-state index in [4.69, 9.17) is 14.2 Å². The second-order valence-corrected chi connectivity index (χ2v) is 10.7. The number of likely N-dealkylation sites (N-methyl/N-ethyl adjacent to an activating group) is 1. The number of rotatable bonds is 18. The molecule has 0 aliphatic heterocycles. The van der Waals surface area contributed by atoms with Crippen LogP contribution in [0.25, 0.3) is 0 Å². The monoisotopic (exact) mass is 609 g/mol. The molecule has 13 nitrogen and oxygen atoms in total. The largest absolute Gasteiger partial charge is 0.465 e. The van der Waals surface area contributed by atoms with E-state index in [-0.39, 0.29) is 44.2 Å². The summed E-state index contributed by atoms with van der Waals surface area (Å²) in [6, 6.07) is 18.5. The fraction of sp³-hybridized carbons (Fsp3) is 0.484. The van der Waals surface area contributed by atoms with Gasteiger partial charge in [0.25, 0.3) is 0 Å². The molecule has 1 heterocycles. The van der Waals surface area contributed by atoms with Crippen molar-refractivity contribution in [3.8, 4) is 0 Å². The molecule has 0 saturated heterocycles. The molecule has 2 aromatic carbocycles. The SMILES string of the molecule is CNC(C)(C)C(=O)NC(COCc1ccccc1)c1nnnn1CCOC(=O)NCCCCOC(=O)C(C)c1ccccc1. The van der Waals surface area contributed by atoms with Crippen molar-refractivity contribution in [2.75, 3.05) is 33.4 Å². The van der Waals surface area contributed by atoms with Crippen molar-refractivity contribution < 1.29 is 28.6 Å². The molecule has 0 aliphatic carbocycles. The molecule has 13 heteroatoms. The number of amides is 2. The summed E-state index contributed by atoms with van der Waals surface area (Å²) in [6.07, 6.45) is 0.638. The van der Waals surface area contributed by atoms with Crippen LogP contribution in [0.1, 0.15) is 62.5 Å². The van der Waals surface area contributed by atoms with E-state index < -0.39 is 17.7 Å². The molecular formula is C31H43N7O6. The smallest absolute Gasteiger partial charge is 0.407 e. The average Bonchev–Trinajstić information content (AvgIpc) is 3.51. The number of hydrogen-bond acceptors (Lipinski definition) is 10. The van der Waals surface area contributed by atoms with Crippen LogP contribution in [-0.4, -0.2) is 77.1 Å². The molecule has 2 atom stereocenters. The van der Waals surface area contributed by atoms with Crippen LogP contribution in [0, 0.1) is 0 Å². The molecule has 1 aromatic heterocycles. The van der Waals surface area contributed by atoms with Gasteiger partial charge in [-0.15, -0.1) is 5.10 Å². The summed E-state index contributed by atoms with van der Waals surface area (Å²) in [7, 11) is 1.70. The fourth-order valence-corrected chi connectivity index (χ4v) is 3.99. The molecule has 0 aliphatic rings. The molecule has 0 radical (unpaired) electrons. The Morgan fingerprint density at radius 3 is 2.36 bits per heavy atom. The van der Waals surface area contributed by atoms with Crippen molar-refractivity contribution >= 4 is 18.0 Å². The first kappa shape index (κ1) is 34.1. The Kier molecular flexibility index (Phi) is 13.7. The second kappa shape index (κ2) is 17.7. The van der Waals surface area contributed by atoms with E-state index in [1.807, 2.05) is 67.6 Å². The van der Waals surface area contributed by atoms with E-state index in [1.54, 1.807) is 20.9 Å². The van der Waals surface area contributed by atoms with Crippen LogP contribution in [0.5, 0.6) is 0 Å². The number of ether oxygens (including phenoxy) is 3. The number of alkyl carbamates (subject to hydrolysis) is 1. The summed E-state index contributed by atoms with van der Waals surface area (Å²) < 4.78 is 18.0. The molecule has 2 amide bonds. The number of benzene rings is 2. The first-order valence-electron chi connectivity index (χ1n) is 14.7. The minimum Gasteiger partial charge on any atom is -0.465 e. The van der Waals surface area contributed by atoms with Crippen LogP contribution in [-0.2, 0) is 37.0 Å². The molecule has 2 unspecified atom stereocenters. The van der Waals surface area contributed by atoms with Gasteiger partial charge in [0.05, 0.1) is 37.8 Å². The van der Waals surface area contributed by atoms with Crippen LogP contribution in [0.2, 0.25) is 0 Å². The molecule has 0 bridgehead atoms. The number of hydrogen-bond donors (Lipinski definition) is 3. The Labute approximate surface area is 258 Å². The Hall–Kier alpha value is -4.36. The summed E-state index contributed by atoms with van der Waals surface area (Å²) in [6.45, 7) is 6.64. The van der Waals surface area contributed by atoms with Crippen LogP contribution >= 0.6 is 0 Å². The van der Waals surface area contributed by atoms with E-state index >= 15 is 0 Å². The van der Waals surface area contributed by atoms with Gasteiger partial charge in [-0.25, -0.2) is 9.48 Å². The third-order valence-electron chi connectivity index (χ3n) is 7.04. The third kappa shape index (κ3) is 11.0. The third-order valence-corrected chi connectivity index (χ3v) is 7.04. The zero-order valence-corrected chi connectivity index (χ0v) is 25.8. The van der Waals surface area contributed by atoms with Gasteiger partial charge in [0.1, 0.15) is 12.6 Å². The maximum atomic E-state index is 12.9. The molecule has 44 heavy (non-hydrogen) atoms. The standard InChI is InChI=1S/C31H43N7O6/c1-23(25-15-9-6-10-16-25)28(39)43-19-12-11-17-33-30(41)44-20-18-38-27(35-36-37-38)26(34-29(40)31(2,3)32-4)22-42-21-24-13-7-5-8-14-24/h5-10,13-16,23,26,32H,11-12,17-22H2,1-4H3,(H,33,41)(H,34,40). The predicted molar refractivity (Wildman–Crippen MR) is 162 cm³/mol. The second-order valence-electron chi connectivity index (χ2n) is 10.7. The molecule has 0 saturated carbocycles. The summed E-state index contributed by atoms with van der Waals surface area (Å²) in [5.41, 5.74) is 1.07. The topological polar surface area (TPSA) is 159 Å². The van der Waals surface area contributed by atoms with Crippen molar-refractivity contribution in [2.45, 2.75) is 64.3 Å². The van der Waals surface area contributed by atoms with Crippen molar-refractivity contribution in [2.24, 2.45) is 0 Å². The molecule has 0 fully saturated rings. The number of nitrogens with one attached hydrogen (secondary N) is 3. The highest BCUT2D eigenvalue weighted by molar-refractivity contribution is 5.85. The highest BCUT2D eigenvalue weighted by Gasteiger charge is 2.30. The zero-order valence-electron chi connectivity index (χ0n) is 25.8. The summed E-state index contributed by atoms with van der Waals surface area (Å²) in [4.78, 5) is 37.3. The quantitative estimate of drug-likeness (QED) is 0.145. The Bertz CT molecular complexity index is 1300. The van der Waals surface area contributed by atoms with Gasteiger partial charge in [-0.1, -0.05) is 60.7 Å². The lowest BCUT2D eigenvalue weighted by Gasteiger charge is -2.26. The number of carbonyl (C=O) groups excluding carboxylic acids is 3. The molecule has 3 N–H and O–H groups in total. The minimum absolute atomic E-state index is 0.00636. The van der Waals surface area contributed by atoms with Gasteiger partial charge in [-0.2, -0.15) is 0 Å². The van der Waals surface area contributed by atoms with Crippen LogP contribution in [0.3, 0.4) is 0 Å². The van der Waals surface area contributed by atoms with Gasteiger partial charge in [0.15, 0.2) is 5.82 Å². The van der Waals surface area contributed by atoms with Crippen LogP contribution in [0.15, 0.2) is 60.7 Å². The summed E-state index contributed by atoms with van der Waals surface area (Å²) in [5, 5.41) is 20.5. The van der Waals surface area contributed by atoms with Crippen LogP contribution < -0.4 is 16.0 Å². The lowest BCUT2D eigenvalue weighted by atomic mass is 10.0. The van der Waals surface area contributed by atoms with Gasteiger partial charge in [-0.05, 0) is 62.2 Å². The van der Waals surface area contributed by atoms with Crippen LogP contribution in [0.4, 0.5) is 4.79 Å². The highest BCUT2D eigenvalue weighted by Crippen LogP contribution is 2.16. The Morgan fingerprint density at radius 1 is 0.955 bits per heavy atom. The lowest BCUT2D eigenvalue weighted by Crippen LogP contribution is -2.52.